The molecule has 0 radical (unpaired) electrons. The van der Waals surface area contributed by atoms with Crippen molar-refractivity contribution in [1.82, 2.24) is 0 Å². The van der Waals surface area contributed by atoms with E-state index in [1.54, 1.807) is 0 Å². The number of hydrogen-bond acceptors (Lipinski definition) is 24. The van der Waals surface area contributed by atoms with Gasteiger partial charge >= 0.3 is 52.4 Å². The quantitative estimate of drug-likeness (QED) is 0.199. The molecule has 0 aromatic heterocycles. The summed E-state index contributed by atoms with van der Waals surface area (Å²) in [5.74, 6) is 0. The molecule has 0 rings (SSSR count). The number of hydrogen-bond donors (Lipinski definition) is 0. The fraction of sp³-hybridized carbons (Fsp3) is 0. The van der Waals surface area contributed by atoms with Crippen LogP contribution in [0.5, 0.6) is 0 Å². The van der Waals surface area contributed by atoms with Crippen molar-refractivity contribution in [3.8, 4) is 0 Å². The minimum atomic E-state index is -1.75. The molecule has 192 valence electrons. The van der Waals surface area contributed by atoms with Gasteiger partial charge in [0.25, 0.3) is 0 Å². The topological polar surface area (TPSA) is 530 Å². The van der Waals surface area contributed by atoms with Crippen LogP contribution in [-0.2, 0) is 52.4 Å². The molecule has 0 amide bonds. The van der Waals surface area contributed by atoms with E-state index in [0.717, 1.165) is 0 Å². The van der Waals surface area contributed by atoms with Crippen LogP contribution in [0.4, 0.5) is 0 Å². The number of nitrogens with zero attached hydrogens (tertiary/aromatic N) is 8. The van der Waals surface area contributed by atoms with E-state index >= 15 is 0 Å². The Bertz CT molecular complexity index is 365. The van der Waals surface area contributed by atoms with E-state index in [-0.39, 0.29) is 52.4 Å². The monoisotopic (exact) mass is 676 g/mol. The smallest absolute Gasteiger partial charge is 0.356 e. The van der Waals surface area contributed by atoms with Gasteiger partial charge in [0.1, 0.15) is 0 Å². The molecule has 0 aromatic rings. The first-order chi connectivity index (χ1) is 13.9. The average Bonchev–Trinajstić information content (AvgIpc) is 2.30. The summed E-state index contributed by atoms with van der Waals surface area (Å²) in [6.45, 7) is 0. The zero-order chi connectivity index (χ0) is 28.6. The standard InChI is InChI=1S/8NO3.2Zr/c8*2-1(3)4;;/q8*-1;2*+4. The van der Waals surface area contributed by atoms with Crippen molar-refractivity contribution >= 4 is 0 Å². The molecule has 0 N–H and O–H groups in total. The van der Waals surface area contributed by atoms with Gasteiger partial charge in [-0.15, -0.1) is 0 Å². The fourth-order valence-electron chi connectivity index (χ4n) is 0. The van der Waals surface area contributed by atoms with Crippen LogP contribution in [0.15, 0.2) is 0 Å². The third-order valence-electron chi connectivity index (χ3n) is 0. The summed E-state index contributed by atoms with van der Waals surface area (Å²) in [6, 6.07) is 0. The second-order valence-corrected chi connectivity index (χ2v) is 1.79. The summed E-state index contributed by atoms with van der Waals surface area (Å²) in [7, 11) is 0. The van der Waals surface area contributed by atoms with Crippen molar-refractivity contribution in [2.45, 2.75) is 0 Å². The summed E-state index contributed by atoms with van der Waals surface area (Å²) in [5, 5.41) is 118. The van der Waals surface area contributed by atoms with Crippen molar-refractivity contribution in [3.05, 3.63) is 123 Å². The fourth-order valence-corrected chi connectivity index (χ4v) is 0. The Morgan fingerprint density at radius 2 is 0.206 bits per heavy atom. The van der Waals surface area contributed by atoms with Crippen LogP contribution in [0, 0.1) is 123 Å². The normalized spacial score (nSPS) is 5.65. The first-order valence-corrected chi connectivity index (χ1v) is 4.38. The van der Waals surface area contributed by atoms with Crippen LogP contribution >= 0.6 is 0 Å². The molecule has 34 heteroatoms. The summed E-state index contributed by atoms with van der Waals surface area (Å²) >= 11 is 0. The first kappa shape index (κ1) is 63.0. The maximum absolute atomic E-state index is 8.25. The summed E-state index contributed by atoms with van der Waals surface area (Å²) in [4.78, 5) is 66.0. The zero-order valence-corrected chi connectivity index (χ0v) is 19.3. The molecule has 0 atom stereocenters. The third kappa shape index (κ3) is 886. The molecule has 0 aromatic carbocycles. The third-order valence-corrected chi connectivity index (χ3v) is 0. The van der Waals surface area contributed by atoms with Crippen molar-refractivity contribution in [2.75, 3.05) is 0 Å². The van der Waals surface area contributed by atoms with Gasteiger partial charge in [0.15, 0.2) is 0 Å². The summed E-state index contributed by atoms with van der Waals surface area (Å²) in [6.07, 6.45) is 0. The van der Waals surface area contributed by atoms with Crippen LogP contribution in [0.25, 0.3) is 0 Å². The Morgan fingerprint density at radius 1 is 0.206 bits per heavy atom. The maximum Gasteiger partial charge on any atom is 4.00 e. The van der Waals surface area contributed by atoms with Crippen molar-refractivity contribution in [1.29, 1.82) is 0 Å². The predicted octanol–water partition coefficient (Wildman–Crippen LogP) is -1.92. The largest absolute Gasteiger partial charge is 4.00 e. The summed E-state index contributed by atoms with van der Waals surface area (Å²) in [5.41, 5.74) is 0. The maximum atomic E-state index is 8.25. The van der Waals surface area contributed by atoms with E-state index in [1.807, 2.05) is 0 Å². The Morgan fingerprint density at radius 3 is 0.206 bits per heavy atom. The van der Waals surface area contributed by atoms with Crippen LogP contribution < -0.4 is 0 Å². The van der Waals surface area contributed by atoms with Crippen molar-refractivity contribution < 1.29 is 93.1 Å². The minimum Gasteiger partial charge on any atom is -0.356 e. The number of rotatable bonds is 0. The van der Waals surface area contributed by atoms with Crippen molar-refractivity contribution in [3.63, 3.8) is 0 Å². The van der Waals surface area contributed by atoms with Gasteiger partial charge in [-0.05, 0) is 0 Å². The van der Waals surface area contributed by atoms with Gasteiger partial charge in [-0.25, -0.2) is 0 Å². The molecular weight excluding hydrogens is 678 g/mol. The molecule has 0 bridgehead atoms. The van der Waals surface area contributed by atoms with Crippen LogP contribution in [0.3, 0.4) is 0 Å². The van der Waals surface area contributed by atoms with Gasteiger partial charge in [-0.1, -0.05) is 0 Å². The second-order valence-electron chi connectivity index (χ2n) is 1.79. The van der Waals surface area contributed by atoms with E-state index in [2.05, 4.69) is 0 Å². The Hall–Kier alpha value is -4.63. The molecule has 0 saturated carbocycles. The van der Waals surface area contributed by atoms with Gasteiger partial charge in [0.05, 0.1) is 40.7 Å². The van der Waals surface area contributed by atoms with E-state index in [1.165, 1.54) is 0 Å². The van der Waals surface area contributed by atoms with Crippen LogP contribution in [0.1, 0.15) is 0 Å². The molecule has 0 fully saturated rings. The van der Waals surface area contributed by atoms with Gasteiger partial charge in [-0.2, -0.15) is 0 Å². The molecule has 0 unspecified atom stereocenters. The molecule has 0 saturated heterocycles. The van der Waals surface area contributed by atoms with Gasteiger partial charge in [0.2, 0.25) is 0 Å². The minimum absolute atomic E-state index is 0. The molecule has 34 heavy (non-hydrogen) atoms. The molecular formula is N8O24Zr2. The van der Waals surface area contributed by atoms with Gasteiger partial charge < -0.3 is 123 Å². The summed E-state index contributed by atoms with van der Waals surface area (Å²) < 4.78 is 0. The van der Waals surface area contributed by atoms with Crippen LogP contribution in [-0.4, -0.2) is 40.7 Å². The molecule has 0 heterocycles. The zero-order valence-electron chi connectivity index (χ0n) is 14.4. The molecule has 0 spiro atoms. The first-order valence-electron chi connectivity index (χ1n) is 4.38. The van der Waals surface area contributed by atoms with E-state index in [9.17, 15) is 0 Å². The molecule has 0 aliphatic heterocycles. The van der Waals surface area contributed by atoms with Gasteiger partial charge in [0, 0.05) is 0 Å². The molecule has 0 aliphatic carbocycles. The Balaban J connectivity index is -0.0000000240. The molecule has 0 aliphatic rings. The molecule has 32 nitrogen and oxygen atoms in total. The second kappa shape index (κ2) is 56.6. The Labute approximate surface area is 215 Å². The SMILES string of the molecule is O=[N+]([O-])[O-].O=[N+]([O-])[O-].O=[N+]([O-])[O-].O=[N+]([O-])[O-].O=[N+]([O-])[O-].O=[N+]([O-])[O-].O=[N+]([O-])[O-].O=[N+]([O-])[O-].[Zr+4].[Zr+4]. The van der Waals surface area contributed by atoms with E-state index in [4.69, 9.17) is 123 Å². The average molecular weight is 678 g/mol. The van der Waals surface area contributed by atoms with Crippen molar-refractivity contribution in [2.24, 2.45) is 0 Å². The van der Waals surface area contributed by atoms with Crippen LogP contribution in [0.2, 0.25) is 0 Å². The predicted molar refractivity (Wildman–Crippen MR) is 82.9 cm³/mol. The van der Waals surface area contributed by atoms with E-state index in [0.29, 0.717) is 0 Å². The van der Waals surface area contributed by atoms with Gasteiger partial charge in [-0.3, -0.25) is 0 Å². The van der Waals surface area contributed by atoms with E-state index < -0.39 is 40.7 Å². The Kier molecular flexibility index (Phi) is 105.